The zero-order valence-electron chi connectivity index (χ0n) is 8.66. The van der Waals surface area contributed by atoms with E-state index in [1.54, 1.807) is 12.1 Å². The maximum atomic E-state index is 11.0. The molecule has 0 heterocycles. The Kier molecular flexibility index (Phi) is 4.12. The molecule has 0 saturated heterocycles. The molecule has 0 saturated carbocycles. The summed E-state index contributed by atoms with van der Waals surface area (Å²) in [4.78, 5) is 11.0. The van der Waals surface area contributed by atoms with Gasteiger partial charge in [0.15, 0.2) is 0 Å². The number of hydrogen-bond donors (Lipinski definition) is 1. The van der Waals surface area contributed by atoms with Crippen molar-refractivity contribution in [2.24, 2.45) is 0 Å². The summed E-state index contributed by atoms with van der Waals surface area (Å²) in [6, 6.07) is 5.30. The summed E-state index contributed by atoms with van der Waals surface area (Å²) < 4.78 is 4.47. The minimum absolute atomic E-state index is 0.0837. The number of carbonyl (C=O) groups excluding carboxylic acids is 1. The maximum absolute atomic E-state index is 11.0. The van der Waals surface area contributed by atoms with E-state index in [0.29, 0.717) is 10.6 Å². The lowest BCUT2D eigenvalue weighted by Crippen LogP contribution is -2.08. The Bertz CT molecular complexity index is 363. The van der Waals surface area contributed by atoms with Gasteiger partial charge in [-0.05, 0) is 18.6 Å². The fraction of sp³-hybridized carbons (Fsp3) is 0.364. The molecule has 0 unspecified atom stereocenters. The molecule has 0 spiro atoms. The van der Waals surface area contributed by atoms with Crippen molar-refractivity contribution in [3.05, 3.63) is 34.3 Å². The number of halogens is 1. The van der Waals surface area contributed by atoms with E-state index in [2.05, 4.69) is 4.74 Å². The molecule has 0 aliphatic carbocycles. The van der Waals surface area contributed by atoms with Crippen molar-refractivity contribution in [1.82, 2.24) is 0 Å². The van der Waals surface area contributed by atoms with Crippen LogP contribution in [0.3, 0.4) is 0 Å². The van der Waals surface area contributed by atoms with Crippen molar-refractivity contribution >= 4 is 17.6 Å². The van der Waals surface area contributed by atoms with Crippen molar-refractivity contribution in [3.8, 4) is 0 Å². The van der Waals surface area contributed by atoms with Crippen molar-refractivity contribution in [3.63, 3.8) is 0 Å². The fourth-order valence-electron chi connectivity index (χ4n) is 1.27. The monoisotopic (exact) mass is 228 g/mol. The van der Waals surface area contributed by atoms with E-state index in [4.69, 9.17) is 11.6 Å². The van der Waals surface area contributed by atoms with Crippen LogP contribution in [0.4, 0.5) is 0 Å². The first-order chi connectivity index (χ1) is 7.04. The van der Waals surface area contributed by atoms with Crippen LogP contribution >= 0.6 is 11.6 Å². The molecule has 1 aromatic rings. The van der Waals surface area contributed by atoms with Crippen LogP contribution in [0.1, 0.15) is 23.7 Å². The van der Waals surface area contributed by atoms with Gasteiger partial charge in [-0.1, -0.05) is 29.3 Å². The molecular formula is C11H13ClO3. The Morgan fingerprint density at radius 1 is 1.60 bits per heavy atom. The molecule has 0 aromatic heterocycles. The van der Waals surface area contributed by atoms with Crippen molar-refractivity contribution in [2.45, 2.75) is 19.4 Å². The van der Waals surface area contributed by atoms with Crippen LogP contribution < -0.4 is 0 Å². The van der Waals surface area contributed by atoms with Crippen molar-refractivity contribution < 1.29 is 14.6 Å². The smallest absolute Gasteiger partial charge is 0.308 e. The normalized spacial score (nSPS) is 12.3. The summed E-state index contributed by atoms with van der Waals surface area (Å²) in [5.74, 6) is -0.458. The largest absolute Gasteiger partial charge is 0.469 e. The zero-order chi connectivity index (χ0) is 11.4. The van der Waals surface area contributed by atoms with Gasteiger partial charge in [-0.25, -0.2) is 0 Å². The molecule has 1 rings (SSSR count). The van der Waals surface area contributed by atoms with Gasteiger partial charge < -0.3 is 9.84 Å². The highest BCUT2D eigenvalue weighted by Gasteiger charge is 2.16. The standard InChI is InChI=1S/C11H13ClO3/c1-7-3-4-9(12)8(5-7)10(13)6-11(14)15-2/h3-5,10,13H,6H2,1-2H3/t10-/m0/s1. The van der Waals surface area contributed by atoms with E-state index in [-0.39, 0.29) is 6.42 Å². The summed E-state index contributed by atoms with van der Waals surface area (Å²) >= 11 is 5.91. The van der Waals surface area contributed by atoms with Gasteiger partial charge in [0.2, 0.25) is 0 Å². The maximum Gasteiger partial charge on any atom is 0.308 e. The molecule has 0 aliphatic rings. The van der Waals surface area contributed by atoms with E-state index in [1.807, 2.05) is 13.0 Å². The van der Waals surface area contributed by atoms with Crippen LogP contribution in [0, 0.1) is 6.92 Å². The Labute approximate surface area is 93.6 Å². The Hall–Kier alpha value is -1.06. The van der Waals surface area contributed by atoms with E-state index < -0.39 is 12.1 Å². The van der Waals surface area contributed by atoms with E-state index in [0.717, 1.165) is 5.56 Å². The second kappa shape index (κ2) is 5.14. The summed E-state index contributed by atoms with van der Waals surface area (Å²) in [6.07, 6.45) is -0.996. The Balaban J connectivity index is 2.85. The van der Waals surface area contributed by atoms with Crippen LogP contribution in [0.5, 0.6) is 0 Å². The van der Waals surface area contributed by atoms with Gasteiger partial charge in [-0.3, -0.25) is 4.79 Å². The number of methoxy groups -OCH3 is 1. The van der Waals surface area contributed by atoms with Crippen LogP contribution in [0.25, 0.3) is 0 Å². The second-order valence-electron chi connectivity index (χ2n) is 3.32. The lowest BCUT2D eigenvalue weighted by atomic mass is 10.0. The van der Waals surface area contributed by atoms with Crippen molar-refractivity contribution in [1.29, 1.82) is 0 Å². The average Bonchev–Trinajstić information content (AvgIpc) is 2.21. The number of rotatable bonds is 3. The topological polar surface area (TPSA) is 46.5 Å². The van der Waals surface area contributed by atoms with Crippen LogP contribution in [-0.4, -0.2) is 18.2 Å². The molecule has 1 N–H and O–H groups in total. The number of hydrogen-bond acceptors (Lipinski definition) is 3. The van der Waals surface area contributed by atoms with Gasteiger partial charge in [0.25, 0.3) is 0 Å². The highest BCUT2D eigenvalue weighted by atomic mass is 35.5. The lowest BCUT2D eigenvalue weighted by molar-refractivity contribution is -0.142. The van der Waals surface area contributed by atoms with E-state index in [1.165, 1.54) is 7.11 Å². The lowest BCUT2D eigenvalue weighted by Gasteiger charge is -2.12. The third-order valence-electron chi connectivity index (χ3n) is 2.10. The number of aryl methyl sites for hydroxylation is 1. The van der Waals surface area contributed by atoms with Gasteiger partial charge in [0.05, 0.1) is 19.6 Å². The first kappa shape index (κ1) is 12.0. The number of ether oxygens (including phenoxy) is 1. The quantitative estimate of drug-likeness (QED) is 0.808. The van der Waals surface area contributed by atoms with E-state index >= 15 is 0 Å². The average molecular weight is 229 g/mol. The molecule has 0 fully saturated rings. The molecular weight excluding hydrogens is 216 g/mol. The number of aliphatic hydroxyl groups is 1. The highest BCUT2D eigenvalue weighted by Crippen LogP contribution is 2.26. The molecule has 0 radical (unpaired) electrons. The SMILES string of the molecule is COC(=O)C[C@H](O)c1cc(C)ccc1Cl. The molecule has 15 heavy (non-hydrogen) atoms. The molecule has 3 nitrogen and oxygen atoms in total. The molecule has 82 valence electrons. The van der Waals surface area contributed by atoms with E-state index in [9.17, 15) is 9.90 Å². The third-order valence-corrected chi connectivity index (χ3v) is 2.44. The molecule has 0 aliphatic heterocycles. The van der Waals surface area contributed by atoms with Gasteiger partial charge in [0, 0.05) is 5.02 Å². The van der Waals surface area contributed by atoms with Gasteiger partial charge in [0.1, 0.15) is 0 Å². The van der Waals surface area contributed by atoms with Gasteiger partial charge in [-0.2, -0.15) is 0 Å². The van der Waals surface area contributed by atoms with Gasteiger partial charge in [-0.15, -0.1) is 0 Å². The van der Waals surface area contributed by atoms with Crippen molar-refractivity contribution in [2.75, 3.05) is 7.11 Å². The first-order valence-corrected chi connectivity index (χ1v) is 4.93. The van der Waals surface area contributed by atoms with Gasteiger partial charge >= 0.3 is 5.97 Å². The number of esters is 1. The Morgan fingerprint density at radius 3 is 2.87 bits per heavy atom. The first-order valence-electron chi connectivity index (χ1n) is 4.55. The third kappa shape index (κ3) is 3.22. The predicted molar refractivity (Wildman–Crippen MR) is 57.8 cm³/mol. The Morgan fingerprint density at radius 2 is 2.27 bits per heavy atom. The summed E-state index contributed by atoms with van der Waals surface area (Å²) in [6.45, 7) is 1.89. The fourth-order valence-corrected chi connectivity index (χ4v) is 1.51. The summed E-state index contributed by atoms with van der Waals surface area (Å²) in [5, 5.41) is 10.2. The predicted octanol–water partition coefficient (Wildman–Crippen LogP) is 2.24. The number of benzene rings is 1. The summed E-state index contributed by atoms with van der Waals surface area (Å²) in [5.41, 5.74) is 1.54. The summed E-state index contributed by atoms with van der Waals surface area (Å²) in [7, 11) is 1.28. The zero-order valence-corrected chi connectivity index (χ0v) is 9.41. The number of aliphatic hydroxyl groups excluding tert-OH is 1. The molecule has 0 bridgehead atoms. The number of carbonyl (C=O) groups is 1. The highest BCUT2D eigenvalue weighted by molar-refractivity contribution is 6.31. The molecule has 0 amide bonds. The molecule has 4 heteroatoms. The van der Waals surface area contributed by atoms with Crippen LogP contribution in [-0.2, 0) is 9.53 Å². The second-order valence-corrected chi connectivity index (χ2v) is 3.73. The van der Waals surface area contributed by atoms with Crippen LogP contribution in [0.2, 0.25) is 5.02 Å². The van der Waals surface area contributed by atoms with Crippen LogP contribution in [0.15, 0.2) is 18.2 Å². The molecule has 1 aromatic carbocycles. The minimum Gasteiger partial charge on any atom is -0.469 e. The minimum atomic E-state index is -0.912. The molecule has 1 atom stereocenters.